The molecule has 0 saturated carbocycles. The first kappa shape index (κ1) is 14.4. The Hall–Kier alpha value is -2.50. The zero-order valence-electron chi connectivity index (χ0n) is 12.6. The second-order valence-corrected chi connectivity index (χ2v) is 5.23. The van der Waals surface area contributed by atoms with Gasteiger partial charge in [0, 0.05) is 51.2 Å². The van der Waals surface area contributed by atoms with E-state index in [1.54, 1.807) is 18.6 Å². The summed E-state index contributed by atoms with van der Waals surface area (Å²) in [4.78, 5) is 29.1. The molecule has 0 spiro atoms. The molecule has 0 bridgehead atoms. The fourth-order valence-corrected chi connectivity index (χ4v) is 2.54. The predicted octanol–water partition coefficient (Wildman–Crippen LogP) is 1.40. The quantitative estimate of drug-likeness (QED) is 0.857. The number of carbonyl (C=O) groups is 1. The molecule has 3 rings (SSSR count). The van der Waals surface area contributed by atoms with E-state index < -0.39 is 0 Å². The Morgan fingerprint density at radius 1 is 1.14 bits per heavy atom. The highest BCUT2D eigenvalue weighted by Crippen LogP contribution is 2.15. The Morgan fingerprint density at radius 2 is 1.86 bits per heavy atom. The number of hydrogen-bond acceptors (Lipinski definition) is 5. The van der Waals surface area contributed by atoms with Gasteiger partial charge in [0.15, 0.2) is 0 Å². The van der Waals surface area contributed by atoms with Crippen molar-refractivity contribution < 1.29 is 4.79 Å². The maximum Gasteiger partial charge on any atom is 0.257 e. The molecule has 1 aliphatic heterocycles. The number of carbonyl (C=O) groups excluding carboxylic acids is 1. The van der Waals surface area contributed by atoms with Crippen molar-refractivity contribution in [2.45, 2.75) is 13.3 Å². The lowest BCUT2D eigenvalue weighted by Crippen LogP contribution is -2.48. The van der Waals surface area contributed by atoms with Crippen LogP contribution in [0.2, 0.25) is 0 Å². The van der Waals surface area contributed by atoms with E-state index in [0.29, 0.717) is 18.7 Å². The normalized spacial score (nSPS) is 15.0. The van der Waals surface area contributed by atoms with Crippen LogP contribution in [0.25, 0.3) is 0 Å². The van der Waals surface area contributed by atoms with E-state index in [1.165, 1.54) is 0 Å². The van der Waals surface area contributed by atoms with Crippen LogP contribution < -0.4 is 4.90 Å². The predicted molar refractivity (Wildman–Crippen MR) is 83.8 cm³/mol. The molecular weight excluding hydrogens is 278 g/mol. The van der Waals surface area contributed by atoms with Crippen LogP contribution in [0.15, 0.2) is 36.9 Å². The largest absolute Gasteiger partial charge is 0.367 e. The average molecular weight is 297 g/mol. The van der Waals surface area contributed by atoms with E-state index in [9.17, 15) is 4.79 Å². The van der Waals surface area contributed by atoms with Crippen LogP contribution in [0.3, 0.4) is 0 Å². The van der Waals surface area contributed by atoms with E-state index in [0.717, 1.165) is 31.0 Å². The second-order valence-electron chi connectivity index (χ2n) is 5.23. The second kappa shape index (κ2) is 6.51. The lowest BCUT2D eigenvalue weighted by Gasteiger charge is -2.35. The summed E-state index contributed by atoms with van der Waals surface area (Å²) in [7, 11) is 0. The molecule has 1 saturated heterocycles. The topological polar surface area (TPSA) is 62.2 Å². The number of anilines is 1. The molecular formula is C16H19N5O. The van der Waals surface area contributed by atoms with Crippen molar-refractivity contribution in [3.05, 3.63) is 48.3 Å². The van der Waals surface area contributed by atoms with E-state index in [4.69, 9.17) is 0 Å². The third-order valence-corrected chi connectivity index (χ3v) is 3.85. The van der Waals surface area contributed by atoms with Crippen LogP contribution in [-0.2, 0) is 6.42 Å². The van der Waals surface area contributed by atoms with Gasteiger partial charge in [-0.05, 0) is 12.1 Å². The van der Waals surface area contributed by atoms with Gasteiger partial charge in [0.1, 0.15) is 5.82 Å². The molecule has 0 N–H and O–H groups in total. The number of piperazine rings is 1. The van der Waals surface area contributed by atoms with Crippen molar-refractivity contribution in [1.82, 2.24) is 19.9 Å². The summed E-state index contributed by atoms with van der Waals surface area (Å²) in [6.45, 7) is 5.01. The number of nitrogens with zero attached hydrogens (tertiary/aromatic N) is 5. The Balaban J connectivity index is 1.62. The van der Waals surface area contributed by atoms with Gasteiger partial charge in [-0.2, -0.15) is 0 Å². The van der Waals surface area contributed by atoms with Gasteiger partial charge in [0.05, 0.1) is 17.4 Å². The van der Waals surface area contributed by atoms with Crippen LogP contribution in [0, 0.1) is 0 Å². The molecule has 114 valence electrons. The third kappa shape index (κ3) is 3.05. The lowest BCUT2D eigenvalue weighted by molar-refractivity contribution is 0.0746. The summed E-state index contributed by atoms with van der Waals surface area (Å²) in [5, 5.41) is 0. The molecule has 0 atom stereocenters. The molecule has 1 aliphatic rings. The van der Waals surface area contributed by atoms with Crippen molar-refractivity contribution in [1.29, 1.82) is 0 Å². The molecule has 0 unspecified atom stereocenters. The molecule has 0 aliphatic carbocycles. The lowest BCUT2D eigenvalue weighted by atomic mass is 10.2. The van der Waals surface area contributed by atoms with E-state index in [-0.39, 0.29) is 5.91 Å². The maximum atomic E-state index is 12.5. The van der Waals surface area contributed by atoms with Crippen molar-refractivity contribution in [2.24, 2.45) is 0 Å². The highest BCUT2D eigenvalue weighted by Gasteiger charge is 2.22. The molecule has 0 radical (unpaired) electrons. The summed E-state index contributed by atoms with van der Waals surface area (Å²) in [6.07, 6.45) is 7.65. The van der Waals surface area contributed by atoms with Gasteiger partial charge in [-0.25, -0.2) is 9.97 Å². The molecule has 22 heavy (non-hydrogen) atoms. The molecule has 2 aromatic heterocycles. The first-order valence-corrected chi connectivity index (χ1v) is 7.53. The van der Waals surface area contributed by atoms with Crippen molar-refractivity contribution in [3.63, 3.8) is 0 Å². The summed E-state index contributed by atoms with van der Waals surface area (Å²) >= 11 is 0. The van der Waals surface area contributed by atoms with Crippen molar-refractivity contribution in [3.8, 4) is 0 Å². The summed E-state index contributed by atoms with van der Waals surface area (Å²) in [5.41, 5.74) is 1.66. The number of amides is 1. The highest BCUT2D eigenvalue weighted by molar-refractivity contribution is 5.93. The van der Waals surface area contributed by atoms with Crippen LogP contribution in [0.4, 0.5) is 5.69 Å². The Bertz CT molecular complexity index is 621. The van der Waals surface area contributed by atoms with Crippen LogP contribution in [-0.4, -0.2) is 51.9 Å². The minimum Gasteiger partial charge on any atom is -0.367 e. The van der Waals surface area contributed by atoms with Gasteiger partial charge in [-0.3, -0.25) is 9.78 Å². The SMILES string of the molecule is CCc1ncc(C(=O)N2CCN(c3cccnc3)CC2)cn1. The maximum absolute atomic E-state index is 12.5. The fraction of sp³-hybridized carbons (Fsp3) is 0.375. The molecule has 3 heterocycles. The molecule has 1 amide bonds. The third-order valence-electron chi connectivity index (χ3n) is 3.85. The first-order chi connectivity index (χ1) is 10.8. The van der Waals surface area contributed by atoms with Crippen molar-refractivity contribution >= 4 is 11.6 Å². The zero-order chi connectivity index (χ0) is 15.4. The first-order valence-electron chi connectivity index (χ1n) is 7.53. The minimum absolute atomic E-state index is 0.00786. The number of pyridine rings is 1. The Kier molecular flexibility index (Phi) is 4.27. The highest BCUT2D eigenvalue weighted by atomic mass is 16.2. The molecule has 1 fully saturated rings. The van der Waals surface area contributed by atoms with Crippen LogP contribution in [0.1, 0.15) is 23.1 Å². The zero-order valence-corrected chi connectivity index (χ0v) is 12.6. The monoisotopic (exact) mass is 297 g/mol. The van der Waals surface area contributed by atoms with E-state index in [1.807, 2.05) is 30.2 Å². The van der Waals surface area contributed by atoms with Gasteiger partial charge in [0.25, 0.3) is 5.91 Å². The number of aryl methyl sites for hydroxylation is 1. The summed E-state index contributed by atoms with van der Waals surface area (Å²) < 4.78 is 0. The van der Waals surface area contributed by atoms with Gasteiger partial charge in [-0.1, -0.05) is 6.92 Å². The Labute approximate surface area is 129 Å². The van der Waals surface area contributed by atoms with E-state index >= 15 is 0 Å². The Morgan fingerprint density at radius 3 is 2.45 bits per heavy atom. The summed E-state index contributed by atoms with van der Waals surface area (Å²) in [5.74, 6) is 0.770. The number of hydrogen-bond donors (Lipinski definition) is 0. The standard InChI is InChI=1S/C16H19N5O/c1-2-15-18-10-13(11-19-15)16(22)21-8-6-20(7-9-21)14-4-3-5-17-12-14/h3-5,10-12H,2,6-9H2,1H3. The number of aromatic nitrogens is 3. The van der Waals surface area contributed by atoms with Gasteiger partial charge < -0.3 is 9.80 Å². The molecule has 6 heteroatoms. The molecule has 2 aromatic rings. The van der Waals surface area contributed by atoms with Gasteiger partial charge in [0.2, 0.25) is 0 Å². The number of rotatable bonds is 3. The smallest absolute Gasteiger partial charge is 0.257 e. The molecule has 6 nitrogen and oxygen atoms in total. The summed E-state index contributed by atoms with van der Waals surface area (Å²) in [6, 6.07) is 3.97. The average Bonchev–Trinajstić information content (AvgIpc) is 2.62. The van der Waals surface area contributed by atoms with E-state index in [2.05, 4.69) is 19.9 Å². The van der Waals surface area contributed by atoms with Crippen LogP contribution >= 0.6 is 0 Å². The van der Waals surface area contributed by atoms with Gasteiger partial charge >= 0.3 is 0 Å². The van der Waals surface area contributed by atoms with Gasteiger partial charge in [-0.15, -0.1) is 0 Å². The van der Waals surface area contributed by atoms with Crippen molar-refractivity contribution in [2.75, 3.05) is 31.1 Å². The minimum atomic E-state index is 0.00786. The van der Waals surface area contributed by atoms with Crippen LogP contribution in [0.5, 0.6) is 0 Å². The fourth-order valence-electron chi connectivity index (χ4n) is 2.54. The molecule has 0 aromatic carbocycles.